The molecule has 1 heterocycles. The van der Waals surface area contributed by atoms with E-state index in [0.29, 0.717) is 15.9 Å². The van der Waals surface area contributed by atoms with Gasteiger partial charge in [-0.05, 0) is 28.1 Å². The van der Waals surface area contributed by atoms with Crippen LogP contribution in [0.3, 0.4) is 0 Å². The maximum Gasteiger partial charge on any atom is 0.573 e. The van der Waals surface area contributed by atoms with E-state index in [1.807, 2.05) is 0 Å². The third-order valence-corrected chi connectivity index (χ3v) is 2.35. The molecule has 1 aromatic heterocycles. The monoisotopic (exact) mass is 318 g/mol. The van der Waals surface area contributed by atoms with Crippen LogP contribution in [0.4, 0.5) is 13.2 Å². The largest absolute Gasteiger partial charge is 0.573 e. The number of halogens is 4. The molecule has 0 aliphatic rings. The van der Waals surface area contributed by atoms with E-state index in [-0.39, 0.29) is 5.75 Å². The molecule has 0 aliphatic carbocycles. The minimum absolute atomic E-state index is 0.290. The van der Waals surface area contributed by atoms with E-state index in [9.17, 15) is 13.2 Å². The summed E-state index contributed by atoms with van der Waals surface area (Å²) in [5.41, 5.74) is 0.947. The van der Waals surface area contributed by atoms with Crippen molar-refractivity contribution in [3.8, 4) is 17.0 Å². The standard InChI is InChI=1S/C11H6BrF3N2O/c12-10-6-16-5-9(17-10)7-2-1-3-8(4-7)18-11(13,14)15/h1-6H. The summed E-state index contributed by atoms with van der Waals surface area (Å²) < 4.78 is 40.6. The van der Waals surface area contributed by atoms with Crippen molar-refractivity contribution in [2.45, 2.75) is 6.36 Å². The quantitative estimate of drug-likeness (QED) is 0.844. The minimum Gasteiger partial charge on any atom is -0.406 e. The average Bonchev–Trinajstić information content (AvgIpc) is 2.27. The molecule has 2 aromatic rings. The van der Waals surface area contributed by atoms with Gasteiger partial charge in [-0.25, -0.2) is 4.98 Å². The maximum atomic E-state index is 12.1. The summed E-state index contributed by atoms with van der Waals surface area (Å²) in [5, 5.41) is 0. The first kappa shape index (κ1) is 12.8. The molecule has 1 aromatic carbocycles. The highest BCUT2D eigenvalue weighted by Gasteiger charge is 2.31. The Kier molecular flexibility index (Phi) is 3.51. The molecule has 0 bridgehead atoms. The molecular formula is C11H6BrF3N2O. The van der Waals surface area contributed by atoms with Gasteiger partial charge in [-0.3, -0.25) is 4.98 Å². The second-order valence-corrected chi connectivity index (χ2v) is 4.12. The van der Waals surface area contributed by atoms with E-state index in [0.717, 1.165) is 0 Å². The van der Waals surface area contributed by atoms with Gasteiger partial charge >= 0.3 is 6.36 Å². The van der Waals surface area contributed by atoms with Crippen LogP contribution in [0.5, 0.6) is 5.75 Å². The molecule has 94 valence electrons. The molecule has 0 aliphatic heterocycles. The summed E-state index contributed by atoms with van der Waals surface area (Å²) in [7, 11) is 0. The van der Waals surface area contributed by atoms with Crippen LogP contribution in [-0.2, 0) is 0 Å². The van der Waals surface area contributed by atoms with Gasteiger partial charge in [0.2, 0.25) is 0 Å². The summed E-state index contributed by atoms with van der Waals surface area (Å²) in [6.07, 6.45) is -1.77. The Labute approximate surface area is 109 Å². The zero-order chi connectivity index (χ0) is 13.2. The molecule has 2 rings (SSSR count). The topological polar surface area (TPSA) is 35.0 Å². The van der Waals surface area contributed by atoms with Crippen molar-refractivity contribution in [1.29, 1.82) is 0 Å². The molecule has 0 radical (unpaired) electrons. The highest BCUT2D eigenvalue weighted by atomic mass is 79.9. The molecule has 0 unspecified atom stereocenters. The number of benzene rings is 1. The predicted octanol–water partition coefficient (Wildman–Crippen LogP) is 3.80. The molecule has 0 spiro atoms. The first-order valence-electron chi connectivity index (χ1n) is 4.78. The molecule has 7 heteroatoms. The molecule has 18 heavy (non-hydrogen) atoms. The fourth-order valence-electron chi connectivity index (χ4n) is 1.33. The second kappa shape index (κ2) is 4.93. The van der Waals surface area contributed by atoms with Crippen molar-refractivity contribution in [1.82, 2.24) is 9.97 Å². The van der Waals surface area contributed by atoms with Gasteiger partial charge in [0.05, 0.1) is 18.1 Å². The van der Waals surface area contributed by atoms with Gasteiger partial charge in [0.1, 0.15) is 10.4 Å². The summed E-state index contributed by atoms with van der Waals surface area (Å²) in [5.74, 6) is -0.290. The normalized spacial score (nSPS) is 11.3. The first-order chi connectivity index (χ1) is 8.44. The smallest absolute Gasteiger partial charge is 0.406 e. The molecule has 0 N–H and O–H groups in total. The zero-order valence-electron chi connectivity index (χ0n) is 8.78. The van der Waals surface area contributed by atoms with Gasteiger partial charge in [-0.15, -0.1) is 13.2 Å². The van der Waals surface area contributed by atoms with E-state index >= 15 is 0 Å². The summed E-state index contributed by atoms with van der Waals surface area (Å²) in [4.78, 5) is 7.99. The zero-order valence-corrected chi connectivity index (χ0v) is 10.4. The summed E-state index contributed by atoms with van der Waals surface area (Å²) >= 11 is 3.14. The van der Waals surface area contributed by atoms with Gasteiger partial charge < -0.3 is 4.74 Å². The van der Waals surface area contributed by atoms with Crippen LogP contribution < -0.4 is 4.74 Å². The SMILES string of the molecule is FC(F)(F)Oc1cccc(-c2cncc(Br)n2)c1. The Morgan fingerprint density at radius 3 is 2.61 bits per heavy atom. The Hall–Kier alpha value is -1.63. The molecule has 0 saturated carbocycles. The third kappa shape index (κ3) is 3.43. The predicted molar refractivity (Wildman–Crippen MR) is 61.9 cm³/mol. The second-order valence-electron chi connectivity index (χ2n) is 3.30. The van der Waals surface area contributed by atoms with Crippen molar-refractivity contribution >= 4 is 15.9 Å². The van der Waals surface area contributed by atoms with E-state index < -0.39 is 6.36 Å². The molecule has 0 fully saturated rings. The molecule has 0 saturated heterocycles. The van der Waals surface area contributed by atoms with Gasteiger partial charge in [0, 0.05) is 5.56 Å². The molecule has 0 atom stereocenters. The highest BCUT2D eigenvalue weighted by Crippen LogP contribution is 2.27. The van der Waals surface area contributed by atoms with Crippen LogP contribution in [0.25, 0.3) is 11.3 Å². The fraction of sp³-hybridized carbons (Fsp3) is 0.0909. The molecular weight excluding hydrogens is 313 g/mol. The number of hydrogen-bond donors (Lipinski definition) is 0. The van der Waals surface area contributed by atoms with E-state index in [4.69, 9.17) is 0 Å². The maximum absolute atomic E-state index is 12.1. The highest BCUT2D eigenvalue weighted by molar-refractivity contribution is 9.10. The molecule has 0 amide bonds. The van der Waals surface area contributed by atoms with Crippen LogP contribution in [0.1, 0.15) is 0 Å². The lowest BCUT2D eigenvalue weighted by atomic mass is 10.1. The van der Waals surface area contributed by atoms with E-state index in [1.54, 1.807) is 6.07 Å². The number of rotatable bonds is 2. The number of aromatic nitrogens is 2. The Morgan fingerprint density at radius 2 is 1.94 bits per heavy atom. The van der Waals surface area contributed by atoms with Crippen LogP contribution in [-0.4, -0.2) is 16.3 Å². The van der Waals surface area contributed by atoms with Gasteiger partial charge in [0.25, 0.3) is 0 Å². The first-order valence-corrected chi connectivity index (χ1v) is 5.57. The van der Waals surface area contributed by atoms with Gasteiger partial charge in [-0.2, -0.15) is 0 Å². The summed E-state index contributed by atoms with van der Waals surface area (Å²) in [6, 6.07) is 5.56. The van der Waals surface area contributed by atoms with Gasteiger partial charge in [-0.1, -0.05) is 12.1 Å². The number of ether oxygens (including phenoxy) is 1. The van der Waals surface area contributed by atoms with Crippen LogP contribution in [0.2, 0.25) is 0 Å². The van der Waals surface area contributed by atoms with Crippen molar-refractivity contribution in [3.63, 3.8) is 0 Å². The number of hydrogen-bond acceptors (Lipinski definition) is 3. The van der Waals surface area contributed by atoms with Crippen LogP contribution in [0.15, 0.2) is 41.3 Å². The van der Waals surface area contributed by atoms with Crippen LogP contribution in [0, 0.1) is 0 Å². The lowest BCUT2D eigenvalue weighted by molar-refractivity contribution is -0.274. The van der Waals surface area contributed by atoms with Gasteiger partial charge in [0.15, 0.2) is 0 Å². The van der Waals surface area contributed by atoms with Crippen molar-refractivity contribution < 1.29 is 17.9 Å². The molecule has 3 nitrogen and oxygen atoms in total. The average molecular weight is 319 g/mol. The Morgan fingerprint density at radius 1 is 1.17 bits per heavy atom. The Bertz CT molecular complexity index is 560. The number of alkyl halides is 3. The third-order valence-electron chi connectivity index (χ3n) is 1.97. The van der Waals surface area contributed by atoms with Crippen molar-refractivity contribution in [2.24, 2.45) is 0 Å². The lowest BCUT2D eigenvalue weighted by Crippen LogP contribution is -2.17. The summed E-state index contributed by atoms with van der Waals surface area (Å²) in [6.45, 7) is 0. The van der Waals surface area contributed by atoms with Crippen LogP contribution >= 0.6 is 15.9 Å². The van der Waals surface area contributed by atoms with E-state index in [2.05, 4.69) is 30.6 Å². The Balaban J connectivity index is 2.33. The fourth-order valence-corrected chi connectivity index (χ4v) is 1.64. The van der Waals surface area contributed by atoms with E-state index in [1.165, 1.54) is 30.6 Å². The number of nitrogens with zero attached hydrogens (tertiary/aromatic N) is 2. The minimum atomic E-state index is -4.71. The lowest BCUT2D eigenvalue weighted by Gasteiger charge is -2.09. The van der Waals surface area contributed by atoms with Crippen molar-refractivity contribution in [3.05, 3.63) is 41.3 Å². The van der Waals surface area contributed by atoms with Crippen molar-refractivity contribution in [2.75, 3.05) is 0 Å².